The van der Waals surface area contributed by atoms with Crippen molar-refractivity contribution >= 4 is 46.0 Å². The van der Waals surface area contributed by atoms with Crippen molar-refractivity contribution in [3.05, 3.63) is 87.3 Å². The Labute approximate surface area is 221 Å². The Hall–Kier alpha value is -4.31. The molecule has 11 heteroatoms. The largest absolute Gasteiger partial charge is 0.338 e. The SMILES string of the molecule is CC(=O)N1Cc2cc(Nc3ncc4c(=O)n(-c5c(F)cccc5Cl)c5nccn5c4n3)ccc2C(C)(C)C1. The standard InChI is InChI=1S/C27H23ClFN7O2/c1-15(37)34-13-16-11-17(7-8-19(16)27(2,3)14-34)32-25-31-12-18-23(33-25)35-10-9-30-26(35)36(24(18)38)22-20(28)5-4-6-21(22)29/h4-12H,13-14H2,1-3H3,(H,31,32,33). The Balaban J connectivity index is 1.44. The second kappa shape index (κ2) is 8.63. The van der Waals surface area contributed by atoms with Crippen molar-refractivity contribution < 1.29 is 9.18 Å². The summed E-state index contributed by atoms with van der Waals surface area (Å²) in [5.74, 6) is -0.180. The lowest BCUT2D eigenvalue weighted by Gasteiger charge is -2.39. The Kier molecular flexibility index (Phi) is 5.46. The average Bonchev–Trinajstić information content (AvgIpc) is 3.35. The van der Waals surface area contributed by atoms with Crippen molar-refractivity contribution in [2.75, 3.05) is 11.9 Å². The Bertz CT molecular complexity index is 1810. The van der Waals surface area contributed by atoms with Gasteiger partial charge in [-0.3, -0.25) is 14.0 Å². The predicted octanol–water partition coefficient (Wildman–Crippen LogP) is 4.60. The number of hydrogen-bond acceptors (Lipinski definition) is 6. The van der Waals surface area contributed by atoms with Crippen LogP contribution >= 0.6 is 11.6 Å². The van der Waals surface area contributed by atoms with Crippen LogP contribution in [0, 0.1) is 5.82 Å². The van der Waals surface area contributed by atoms with E-state index in [1.54, 1.807) is 17.5 Å². The van der Waals surface area contributed by atoms with E-state index in [0.717, 1.165) is 15.8 Å². The minimum atomic E-state index is -0.651. The minimum Gasteiger partial charge on any atom is -0.338 e. The molecule has 0 atom stereocenters. The molecule has 1 aliphatic rings. The molecular formula is C27H23ClFN7O2. The number of para-hydroxylation sites is 1. The summed E-state index contributed by atoms with van der Waals surface area (Å²) < 4.78 is 17.5. The van der Waals surface area contributed by atoms with Crippen LogP contribution in [0.3, 0.4) is 0 Å². The number of aromatic nitrogens is 5. The first-order chi connectivity index (χ1) is 18.1. The molecule has 0 saturated carbocycles. The molecule has 0 aliphatic carbocycles. The van der Waals surface area contributed by atoms with Gasteiger partial charge in [-0.05, 0) is 35.4 Å². The lowest BCUT2D eigenvalue weighted by molar-refractivity contribution is -0.130. The summed E-state index contributed by atoms with van der Waals surface area (Å²) in [7, 11) is 0. The molecule has 3 aromatic heterocycles. The molecular weight excluding hydrogens is 509 g/mol. The Morgan fingerprint density at radius 1 is 1.18 bits per heavy atom. The number of hydrogen-bond donors (Lipinski definition) is 1. The van der Waals surface area contributed by atoms with E-state index in [2.05, 4.69) is 40.2 Å². The van der Waals surface area contributed by atoms with Crippen LogP contribution in [0.5, 0.6) is 0 Å². The van der Waals surface area contributed by atoms with Crippen LogP contribution in [0.1, 0.15) is 31.9 Å². The summed E-state index contributed by atoms with van der Waals surface area (Å²) in [6, 6.07) is 10.2. The van der Waals surface area contributed by atoms with Crippen LogP contribution in [0.2, 0.25) is 5.02 Å². The number of carbonyl (C=O) groups is 1. The van der Waals surface area contributed by atoms with Crippen molar-refractivity contribution in [1.82, 2.24) is 28.8 Å². The monoisotopic (exact) mass is 531 g/mol. The topological polar surface area (TPSA) is 97.4 Å². The van der Waals surface area contributed by atoms with Crippen molar-refractivity contribution in [3.8, 4) is 5.69 Å². The first-order valence-electron chi connectivity index (χ1n) is 12.0. The van der Waals surface area contributed by atoms with E-state index >= 15 is 0 Å². The molecule has 0 bridgehead atoms. The van der Waals surface area contributed by atoms with E-state index in [0.29, 0.717) is 18.7 Å². The van der Waals surface area contributed by atoms with Gasteiger partial charge in [0, 0.05) is 49.7 Å². The van der Waals surface area contributed by atoms with E-state index < -0.39 is 11.4 Å². The number of benzene rings is 2. The Morgan fingerprint density at radius 2 is 2.00 bits per heavy atom. The van der Waals surface area contributed by atoms with E-state index in [1.165, 1.54) is 36.2 Å². The first-order valence-corrected chi connectivity index (χ1v) is 12.4. The number of anilines is 2. The fourth-order valence-corrected chi connectivity index (χ4v) is 5.40. The van der Waals surface area contributed by atoms with E-state index in [4.69, 9.17) is 11.6 Å². The second-order valence-corrected chi connectivity index (χ2v) is 10.4. The molecule has 4 heterocycles. The van der Waals surface area contributed by atoms with Gasteiger partial charge in [0.25, 0.3) is 5.56 Å². The lowest BCUT2D eigenvalue weighted by atomic mass is 9.78. The number of rotatable bonds is 3. The summed E-state index contributed by atoms with van der Waals surface area (Å²) >= 11 is 6.26. The molecule has 2 aromatic carbocycles. The maximum absolute atomic E-state index is 14.7. The summed E-state index contributed by atoms with van der Waals surface area (Å²) in [5, 5.41) is 3.46. The van der Waals surface area contributed by atoms with Gasteiger partial charge in [-0.2, -0.15) is 4.98 Å². The highest BCUT2D eigenvalue weighted by Gasteiger charge is 2.33. The van der Waals surface area contributed by atoms with Crippen LogP contribution in [0.4, 0.5) is 16.0 Å². The normalized spacial score (nSPS) is 14.6. The highest BCUT2D eigenvalue weighted by molar-refractivity contribution is 6.32. The molecule has 9 nitrogen and oxygen atoms in total. The third kappa shape index (κ3) is 3.79. The highest BCUT2D eigenvalue weighted by atomic mass is 35.5. The zero-order valence-electron chi connectivity index (χ0n) is 20.9. The molecule has 0 spiro atoms. The molecule has 38 heavy (non-hydrogen) atoms. The summed E-state index contributed by atoms with van der Waals surface area (Å²) in [5.41, 5.74) is 2.49. The summed E-state index contributed by atoms with van der Waals surface area (Å²) in [6.07, 6.45) is 4.54. The van der Waals surface area contributed by atoms with Gasteiger partial charge < -0.3 is 10.2 Å². The maximum Gasteiger partial charge on any atom is 0.270 e. The molecule has 1 amide bonds. The predicted molar refractivity (Wildman–Crippen MR) is 143 cm³/mol. The van der Waals surface area contributed by atoms with Crippen LogP contribution in [0.15, 0.2) is 59.8 Å². The zero-order valence-corrected chi connectivity index (χ0v) is 21.6. The van der Waals surface area contributed by atoms with Gasteiger partial charge in [0.05, 0.1) is 5.02 Å². The van der Waals surface area contributed by atoms with Crippen LogP contribution in [0.25, 0.3) is 22.5 Å². The van der Waals surface area contributed by atoms with Crippen molar-refractivity contribution in [2.24, 2.45) is 0 Å². The number of imidazole rings is 1. The van der Waals surface area contributed by atoms with Crippen LogP contribution in [-0.4, -0.2) is 41.3 Å². The van der Waals surface area contributed by atoms with Crippen LogP contribution in [-0.2, 0) is 16.8 Å². The summed E-state index contributed by atoms with van der Waals surface area (Å²) in [6.45, 7) is 7.01. The smallest absolute Gasteiger partial charge is 0.270 e. The highest BCUT2D eigenvalue weighted by Crippen LogP contribution is 2.35. The average molecular weight is 532 g/mol. The third-order valence-corrected chi connectivity index (χ3v) is 7.20. The van der Waals surface area contributed by atoms with E-state index in [-0.39, 0.29) is 39.1 Å². The number of nitrogens with one attached hydrogen (secondary N) is 1. The zero-order chi connectivity index (χ0) is 26.8. The summed E-state index contributed by atoms with van der Waals surface area (Å²) in [4.78, 5) is 40.6. The first kappa shape index (κ1) is 24.1. The fraction of sp³-hybridized carbons (Fsp3) is 0.222. The molecule has 192 valence electrons. The second-order valence-electron chi connectivity index (χ2n) is 9.99. The maximum atomic E-state index is 14.7. The third-order valence-electron chi connectivity index (χ3n) is 6.90. The molecule has 1 aliphatic heterocycles. The number of carbonyl (C=O) groups excluding carboxylic acids is 1. The molecule has 1 N–H and O–H groups in total. The van der Waals surface area contributed by atoms with Crippen molar-refractivity contribution in [3.63, 3.8) is 0 Å². The van der Waals surface area contributed by atoms with Gasteiger partial charge in [0.1, 0.15) is 16.9 Å². The van der Waals surface area contributed by atoms with E-state index in [1.807, 2.05) is 17.0 Å². The number of amides is 1. The molecule has 5 aromatic rings. The Morgan fingerprint density at radius 3 is 2.76 bits per heavy atom. The fourth-order valence-electron chi connectivity index (χ4n) is 5.15. The van der Waals surface area contributed by atoms with Crippen LogP contribution < -0.4 is 10.9 Å². The van der Waals surface area contributed by atoms with Gasteiger partial charge in [-0.1, -0.05) is 37.6 Å². The molecule has 0 saturated heterocycles. The van der Waals surface area contributed by atoms with Gasteiger partial charge >= 0.3 is 0 Å². The minimum absolute atomic E-state index is 0.0339. The molecule has 0 radical (unpaired) electrons. The van der Waals surface area contributed by atoms with Crippen molar-refractivity contribution in [2.45, 2.75) is 32.7 Å². The van der Waals surface area contributed by atoms with Gasteiger partial charge in [0.15, 0.2) is 5.65 Å². The van der Waals surface area contributed by atoms with Gasteiger partial charge in [-0.25, -0.2) is 18.9 Å². The molecule has 0 unspecified atom stereocenters. The van der Waals surface area contributed by atoms with E-state index in [9.17, 15) is 14.0 Å². The van der Waals surface area contributed by atoms with Gasteiger partial charge in [0.2, 0.25) is 17.6 Å². The van der Waals surface area contributed by atoms with Gasteiger partial charge in [-0.15, -0.1) is 0 Å². The van der Waals surface area contributed by atoms with Crippen molar-refractivity contribution in [1.29, 1.82) is 0 Å². The number of fused-ring (bicyclic) bond motifs is 4. The number of halogens is 2. The quantitative estimate of drug-likeness (QED) is 0.365. The molecule has 0 fully saturated rings. The number of nitrogens with zero attached hydrogens (tertiary/aromatic N) is 6. The lowest BCUT2D eigenvalue weighted by Crippen LogP contribution is -2.44. The molecule has 6 rings (SSSR count).